The van der Waals surface area contributed by atoms with E-state index in [9.17, 15) is 4.79 Å². The Morgan fingerprint density at radius 2 is 2.00 bits per heavy atom. The van der Waals surface area contributed by atoms with Gasteiger partial charge in [-0.25, -0.2) is 0 Å². The van der Waals surface area contributed by atoms with Crippen molar-refractivity contribution in [2.45, 2.75) is 26.9 Å². The largest absolute Gasteiger partial charge is 0.367 e. The molecule has 0 fully saturated rings. The summed E-state index contributed by atoms with van der Waals surface area (Å²) in [7, 11) is 0. The minimum Gasteiger partial charge on any atom is -0.367 e. The molecule has 0 spiro atoms. The highest BCUT2D eigenvalue weighted by molar-refractivity contribution is 5.93. The maximum Gasteiger partial charge on any atom is 0.253 e. The van der Waals surface area contributed by atoms with Crippen LogP contribution in [0.15, 0.2) is 30.6 Å². The van der Waals surface area contributed by atoms with Crippen LogP contribution >= 0.6 is 0 Å². The van der Waals surface area contributed by atoms with Crippen LogP contribution in [0.5, 0.6) is 0 Å². The van der Waals surface area contributed by atoms with Crippen molar-refractivity contribution in [3.05, 3.63) is 58.4 Å². The van der Waals surface area contributed by atoms with Crippen molar-refractivity contribution in [2.24, 2.45) is 5.73 Å². The van der Waals surface area contributed by atoms with Gasteiger partial charge in [-0.2, -0.15) is 0 Å². The van der Waals surface area contributed by atoms with Crippen molar-refractivity contribution in [3.8, 4) is 0 Å². The van der Waals surface area contributed by atoms with E-state index in [1.165, 1.54) is 0 Å². The third kappa shape index (κ3) is 3.03. The summed E-state index contributed by atoms with van der Waals surface area (Å²) in [5.41, 5.74) is 10.9. The van der Waals surface area contributed by atoms with Crippen molar-refractivity contribution >= 4 is 5.91 Å². The molecule has 1 amide bonds. The molecule has 0 aliphatic rings. The van der Waals surface area contributed by atoms with Gasteiger partial charge in [-0.05, 0) is 42.2 Å². The Hall–Kier alpha value is -2.07. The van der Waals surface area contributed by atoms with Crippen LogP contribution in [0.1, 0.15) is 32.6 Å². The molecule has 4 heteroatoms. The fourth-order valence-corrected chi connectivity index (χ4v) is 2.22. The molecule has 1 heterocycles. The van der Waals surface area contributed by atoms with Gasteiger partial charge < -0.3 is 16.0 Å². The van der Waals surface area contributed by atoms with Gasteiger partial charge in [0, 0.05) is 25.5 Å². The summed E-state index contributed by atoms with van der Waals surface area (Å²) < 4.78 is 0. The quantitative estimate of drug-likeness (QED) is 0.784. The normalized spacial score (nSPS) is 10.5. The lowest BCUT2D eigenvalue weighted by Crippen LogP contribution is -2.23. The number of aryl methyl sites for hydroxylation is 2. The predicted octanol–water partition coefficient (Wildman–Crippen LogP) is 2.02. The number of aromatic nitrogens is 1. The minimum atomic E-state index is -0.0667. The SMILES string of the molecule is Cc1cc(CN)cc(C)c1CNC(=O)c1cc[nH]c1. The first-order valence-corrected chi connectivity index (χ1v) is 6.32. The maximum atomic E-state index is 11.9. The second-order valence-electron chi connectivity index (χ2n) is 4.69. The molecule has 100 valence electrons. The van der Waals surface area contributed by atoms with Gasteiger partial charge in [0.2, 0.25) is 0 Å². The standard InChI is InChI=1S/C15H19N3O/c1-10-5-12(7-16)6-11(2)14(10)9-18-15(19)13-3-4-17-8-13/h3-6,8,17H,7,9,16H2,1-2H3,(H,18,19). The molecule has 0 aliphatic heterocycles. The molecule has 1 aromatic heterocycles. The molecule has 4 nitrogen and oxygen atoms in total. The van der Waals surface area contributed by atoms with Gasteiger partial charge in [0.05, 0.1) is 5.56 Å². The number of nitrogens with two attached hydrogens (primary N) is 1. The zero-order chi connectivity index (χ0) is 13.8. The molecule has 0 atom stereocenters. The third-order valence-electron chi connectivity index (χ3n) is 3.28. The molecule has 0 saturated carbocycles. The van der Waals surface area contributed by atoms with E-state index in [1.807, 2.05) is 13.8 Å². The van der Waals surface area contributed by atoms with Crippen LogP contribution in [0, 0.1) is 13.8 Å². The molecule has 0 saturated heterocycles. The number of hydrogen-bond acceptors (Lipinski definition) is 2. The Balaban J connectivity index is 2.10. The van der Waals surface area contributed by atoms with E-state index in [0.29, 0.717) is 18.7 Å². The highest BCUT2D eigenvalue weighted by Gasteiger charge is 2.08. The lowest BCUT2D eigenvalue weighted by Gasteiger charge is -2.12. The van der Waals surface area contributed by atoms with Gasteiger partial charge in [0.25, 0.3) is 5.91 Å². The number of hydrogen-bond donors (Lipinski definition) is 3. The molecule has 0 unspecified atom stereocenters. The van der Waals surface area contributed by atoms with E-state index in [1.54, 1.807) is 18.5 Å². The summed E-state index contributed by atoms with van der Waals surface area (Å²) in [6.45, 7) is 5.16. The van der Waals surface area contributed by atoms with Crippen LogP contribution < -0.4 is 11.1 Å². The zero-order valence-electron chi connectivity index (χ0n) is 11.3. The summed E-state index contributed by atoms with van der Waals surface area (Å²) >= 11 is 0. The number of aromatic amines is 1. The fourth-order valence-electron chi connectivity index (χ4n) is 2.22. The summed E-state index contributed by atoms with van der Waals surface area (Å²) in [5, 5.41) is 2.93. The summed E-state index contributed by atoms with van der Waals surface area (Å²) in [6.07, 6.45) is 3.42. The maximum absolute atomic E-state index is 11.9. The van der Waals surface area contributed by atoms with Crippen LogP contribution in [-0.2, 0) is 13.1 Å². The highest BCUT2D eigenvalue weighted by atomic mass is 16.1. The average Bonchev–Trinajstić information content (AvgIpc) is 2.91. The predicted molar refractivity (Wildman–Crippen MR) is 75.8 cm³/mol. The van der Waals surface area contributed by atoms with Gasteiger partial charge in [-0.3, -0.25) is 4.79 Å². The lowest BCUT2D eigenvalue weighted by atomic mass is 9.99. The monoisotopic (exact) mass is 257 g/mol. The molecule has 4 N–H and O–H groups in total. The minimum absolute atomic E-state index is 0.0667. The molecule has 19 heavy (non-hydrogen) atoms. The molecule has 0 bridgehead atoms. The first-order chi connectivity index (χ1) is 9.11. The van der Waals surface area contributed by atoms with Gasteiger partial charge in [-0.15, -0.1) is 0 Å². The molecule has 2 rings (SSSR count). The highest BCUT2D eigenvalue weighted by Crippen LogP contribution is 2.16. The van der Waals surface area contributed by atoms with E-state index < -0.39 is 0 Å². The van der Waals surface area contributed by atoms with Crippen LogP contribution in [0.3, 0.4) is 0 Å². The first-order valence-electron chi connectivity index (χ1n) is 6.32. The van der Waals surface area contributed by atoms with E-state index in [0.717, 1.165) is 22.3 Å². The number of H-pyrrole nitrogens is 1. The van der Waals surface area contributed by atoms with E-state index >= 15 is 0 Å². The molecular weight excluding hydrogens is 238 g/mol. The Labute approximate surface area is 113 Å². The molecule has 0 radical (unpaired) electrons. The Morgan fingerprint density at radius 1 is 1.32 bits per heavy atom. The summed E-state index contributed by atoms with van der Waals surface area (Å²) in [5.74, 6) is -0.0667. The average molecular weight is 257 g/mol. The van der Waals surface area contributed by atoms with Crippen LogP contribution in [0.25, 0.3) is 0 Å². The van der Waals surface area contributed by atoms with Gasteiger partial charge in [-0.1, -0.05) is 12.1 Å². The van der Waals surface area contributed by atoms with Gasteiger partial charge in [0.15, 0.2) is 0 Å². The molecule has 2 aromatic rings. The number of nitrogens with one attached hydrogen (secondary N) is 2. The fraction of sp³-hybridized carbons (Fsp3) is 0.267. The third-order valence-corrected chi connectivity index (χ3v) is 3.28. The Bertz CT molecular complexity index is 550. The van der Waals surface area contributed by atoms with Crippen molar-refractivity contribution in [1.29, 1.82) is 0 Å². The van der Waals surface area contributed by atoms with E-state index in [2.05, 4.69) is 22.4 Å². The lowest BCUT2D eigenvalue weighted by molar-refractivity contribution is 0.0951. The molecule has 1 aromatic carbocycles. The smallest absolute Gasteiger partial charge is 0.253 e. The van der Waals surface area contributed by atoms with Crippen LogP contribution in [0.4, 0.5) is 0 Å². The van der Waals surface area contributed by atoms with Crippen molar-refractivity contribution in [1.82, 2.24) is 10.3 Å². The second kappa shape index (κ2) is 5.71. The number of carbonyl (C=O) groups excluding carboxylic acids is 1. The summed E-state index contributed by atoms with van der Waals surface area (Å²) in [6, 6.07) is 5.90. The van der Waals surface area contributed by atoms with E-state index in [-0.39, 0.29) is 5.91 Å². The number of amides is 1. The Kier molecular flexibility index (Phi) is 4.02. The zero-order valence-corrected chi connectivity index (χ0v) is 11.3. The van der Waals surface area contributed by atoms with Crippen LogP contribution in [-0.4, -0.2) is 10.9 Å². The molecular formula is C15H19N3O. The number of rotatable bonds is 4. The molecule has 0 aliphatic carbocycles. The number of benzene rings is 1. The van der Waals surface area contributed by atoms with Crippen LogP contribution in [0.2, 0.25) is 0 Å². The topological polar surface area (TPSA) is 70.9 Å². The second-order valence-corrected chi connectivity index (χ2v) is 4.69. The van der Waals surface area contributed by atoms with E-state index in [4.69, 9.17) is 5.73 Å². The van der Waals surface area contributed by atoms with Crippen molar-refractivity contribution in [2.75, 3.05) is 0 Å². The first kappa shape index (κ1) is 13.4. The van der Waals surface area contributed by atoms with Gasteiger partial charge >= 0.3 is 0 Å². The van der Waals surface area contributed by atoms with Crippen molar-refractivity contribution in [3.63, 3.8) is 0 Å². The van der Waals surface area contributed by atoms with Crippen molar-refractivity contribution < 1.29 is 4.79 Å². The Morgan fingerprint density at radius 3 is 2.53 bits per heavy atom. The van der Waals surface area contributed by atoms with Gasteiger partial charge in [0.1, 0.15) is 0 Å². The summed E-state index contributed by atoms with van der Waals surface area (Å²) in [4.78, 5) is 14.7. The number of carbonyl (C=O) groups is 1.